The number of nitrogens with zero attached hydrogens (tertiary/aromatic N) is 1. The number of guanidine groups is 1. The first-order valence-electron chi connectivity index (χ1n) is 8.35. The Hall–Kier alpha value is -2.02. The van der Waals surface area contributed by atoms with Crippen molar-refractivity contribution in [1.29, 1.82) is 0 Å². The number of para-hydroxylation sites is 1. The van der Waals surface area contributed by atoms with E-state index in [1.807, 2.05) is 18.2 Å². The summed E-state index contributed by atoms with van der Waals surface area (Å²) >= 11 is 0. The van der Waals surface area contributed by atoms with Gasteiger partial charge in [0.1, 0.15) is 0 Å². The highest BCUT2D eigenvalue weighted by Crippen LogP contribution is 2.19. The van der Waals surface area contributed by atoms with Crippen molar-refractivity contribution in [3.05, 3.63) is 65.9 Å². The minimum absolute atomic E-state index is 0. The monoisotopic (exact) mass is 448 g/mol. The number of aromatic nitrogens is 1. The molecule has 0 saturated carbocycles. The van der Waals surface area contributed by atoms with Crippen LogP contribution in [0.5, 0.6) is 0 Å². The molecule has 4 N–H and O–H groups in total. The van der Waals surface area contributed by atoms with Crippen LogP contribution >= 0.6 is 24.0 Å². The Balaban J connectivity index is 0.00000225. The molecule has 5 heteroatoms. The highest BCUT2D eigenvalue weighted by molar-refractivity contribution is 14.0. The van der Waals surface area contributed by atoms with E-state index in [9.17, 15) is 0 Å². The Morgan fingerprint density at radius 3 is 2.76 bits per heavy atom. The third kappa shape index (κ3) is 4.98. The zero-order valence-corrected chi connectivity index (χ0v) is 17.0. The average molecular weight is 448 g/mol. The summed E-state index contributed by atoms with van der Waals surface area (Å²) in [4.78, 5) is 7.73. The molecule has 3 aromatic rings. The van der Waals surface area contributed by atoms with Crippen LogP contribution in [0.15, 0.2) is 59.7 Å². The van der Waals surface area contributed by atoms with E-state index < -0.39 is 0 Å². The summed E-state index contributed by atoms with van der Waals surface area (Å²) in [5.74, 6) is 0.947. The molecule has 0 spiro atoms. The number of benzene rings is 2. The molecule has 0 aliphatic rings. The molecule has 4 nitrogen and oxygen atoms in total. The third-order valence-electron chi connectivity index (χ3n) is 4.16. The maximum atomic E-state index is 6.02. The Morgan fingerprint density at radius 1 is 1.16 bits per heavy atom. The second-order valence-electron chi connectivity index (χ2n) is 6.28. The lowest BCUT2D eigenvalue weighted by Crippen LogP contribution is -2.23. The Bertz CT molecular complexity index is 852. The van der Waals surface area contributed by atoms with Crippen molar-refractivity contribution in [1.82, 2.24) is 4.98 Å². The van der Waals surface area contributed by atoms with Crippen molar-refractivity contribution >= 4 is 46.5 Å². The number of hydrogen-bond donors (Lipinski definition) is 3. The second-order valence-corrected chi connectivity index (χ2v) is 6.28. The van der Waals surface area contributed by atoms with Gasteiger partial charge in [0.25, 0.3) is 0 Å². The standard InChI is InChI=1S/C20H24N4.HI/c1-14(2)15-6-5-7-17(12-15)24-20(21)22-11-10-16-13-23-19-9-4-3-8-18(16)19;/h3-9,12-14,23H,10-11H2,1-2H3,(H3,21,22,24);1H. The number of rotatable bonds is 5. The van der Waals surface area contributed by atoms with E-state index in [1.54, 1.807) is 0 Å². The molecule has 132 valence electrons. The van der Waals surface area contributed by atoms with E-state index >= 15 is 0 Å². The molecular formula is C20H25IN4. The fourth-order valence-corrected chi connectivity index (χ4v) is 2.80. The molecule has 0 bridgehead atoms. The van der Waals surface area contributed by atoms with Gasteiger partial charge in [-0.1, -0.05) is 44.2 Å². The summed E-state index contributed by atoms with van der Waals surface area (Å²) in [5.41, 5.74) is 10.7. The zero-order chi connectivity index (χ0) is 16.9. The van der Waals surface area contributed by atoms with E-state index in [0.717, 1.165) is 17.6 Å². The van der Waals surface area contributed by atoms with E-state index in [-0.39, 0.29) is 24.0 Å². The molecule has 0 unspecified atom stereocenters. The molecular weight excluding hydrogens is 423 g/mol. The van der Waals surface area contributed by atoms with Crippen molar-refractivity contribution in [2.24, 2.45) is 10.7 Å². The molecule has 0 saturated heterocycles. The summed E-state index contributed by atoms with van der Waals surface area (Å²) in [6.45, 7) is 5.01. The predicted molar refractivity (Wildman–Crippen MR) is 118 cm³/mol. The smallest absolute Gasteiger partial charge is 0.193 e. The van der Waals surface area contributed by atoms with Crippen LogP contribution in [0, 0.1) is 0 Å². The number of nitrogens with two attached hydrogens (primary N) is 1. The number of nitrogens with one attached hydrogen (secondary N) is 2. The van der Waals surface area contributed by atoms with Crippen molar-refractivity contribution in [3.63, 3.8) is 0 Å². The van der Waals surface area contributed by atoms with Crippen LogP contribution in [0.4, 0.5) is 5.69 Å². The predicted octanol–water partition coefficient (Wildman–Crippen LogP) is 4.88. The maximum Gasteiger partial charge on any atom is 0.193 e. The Morgan fingerprint density at radius 2 is 1.96 bits per heavy atom. The van der Waals surface area contributed by atoms with Gasteiger partial charge in [-0.2, -0.15) is 0 Å². The van der Waals surface area contributed by atoms with Crippen LogP contribution < -0.4 is 11.1 Å². The lowest BCUT2D eigenvalue weighted by Gasteiger charge is -2.10. The van der Waals surface area contributed by atoms with Gasteiger partial charge in [-0.25, -0.2) is 0 Å². The van der Waals surface area contributed by atoms with Crippen LogP contribution in [-0.2, 0) is 6.42 Å². The van der Waals surface area contributed by atoms with Crippen LogP contribution in [0.1, 0.15) is 30.9 Å². The van der Waals surface area contributed by atoms with Crippen LogP contribution in [-0.4, -0.2) is 17.5 Å². The normalized spacial score (nSPS) is 11.6. The van der Waals surface area contributed by atoms with E-state index in [4.69, 9.17) is 5.73 Å². The number of aromatic amines is 1. The lowest BCUT2D eigenvalue weighted by atomic mass is 10.0. The summed E-state index contributed by atoms with van der Waals surface area (Å²) < 4.78 is 0. The molecule has 2 aromatic carbocycles. The number of fused-ring (bicyclic) bond motifs is 1. The van der Waals surface area contributed by atoms with Crippen LogP contribution in [0.25, 0.3) is 10.9 Å². The fourth-order valence-electron chi connectivity index (χ4n) is 2.80. The maximum absolute atomic E-state index is 6.02. The first-order valence-corrected chi connectivity index (χ1v) is 8.35. The first kappa shape index (κ1) is 19.3. The molecule has 0 aliphatic heterocycles. The molecule has 3 rings (SSSR count). The van der Waals surface area contributed by atoms with E-state index in [1.165, 1.54) is 16.5 Å². The quantitative estimate of drug-likeness (QED) is 0.296. The molecule has 1 aromatic heterocycles. The summed E-state index contributed by atoms with van der Waals surface area (Å²) in [5, 5.41) is 4.43. The number of anilines is 1. The lowest BCUT2D eigenvalue weighted by molar-refractivity contribution is 0.867. The van der Waals surface area contributed by atoms with Crippen molar-refractivity contribution in [2.75, 3.05) is 11.9 Å². The summed E-state index contributed by atoms with van der Waals surface area (Å²) in [6, 6.07) is 16.6. The van der Waals surface area contributed by atoms with E-state index in [2.05, 4.69) is 65.7 Å². The number of halogens is 1. The number of aliphatic imine (C=N–C) groups is 1. The van der Waals surface area contributed by atoms with Gasteiger partial charge >= 0.3 is 0 Å². The van der Waals surface area contributed by atoms with Crippen molar-refractivity contribution < 1.29 is 0 Å². The minimum Gasteiger partial charge on any atom is -0.370 e. The SMILES string of the molecule is CC(C)c1cccc(NC(N)=NCCc2c[nH]c3ccccc23)c1.I. The van der Waals surface area contributed by atoms with Gasteiger partial charge in [-0.3, -0.25) is 4.99 Å². The highest BCUT2D eigenvalue weighted by atomic mass is 127. The molecule has 0 fully saturated rings. The van der Waals surface area contributed by atoms with Crippen LogP contribution in [0.3, 0.4) is 0 Å². The molecule has 25 heavy (non-hydrogen) atoms. The van der Waals surface area contributed by atoms with Gasteiger partial charge in [0.15, 0.2) is 5.96 Å². The van der Waals surface area contributed by atoms with Gasteiger partial charge in [0.2, 0.25) is 0 Å². The number of hydrogen-bond acceptors (Lipinski definition) is 1. The van der Waals surface area contributed by atoms with Gasteiger partial charge in [0.05, 0.1) is 0 Å². The summed E-state index contributed by atoms with van der Waals surface area (Å²) in [7, 11) is 0. The topological polar surface area (TPSA) is 66.2 Å². The van der Waals surface area contributed by atoms with E-state index in [0.29, 0.717) is 18.4 Å². The van der Waals surface area contributed by atoms with Crippen molar-refractivity contribution in [2.45, 2.75) is 26.2 Å². The van der Waals surface area contributed by atoms with Gasteiger partial charge in [-0.05, 0) is 41.7 Å². The third-order valence-corrected chi connectivity index (χ3v) is 4.16. The zero-order valence-electron chi connectivity index (χ0n) is 14.6. The van der Waals surface area contributed by atoms with Gasteiger partial charge < -0.3 is 16.0 Å². The molecule has 0 aliphatic carbocycles. The first-order chi connectivity index (χ1) is 11.6. The average Bonchev–Trinajstić information content (AvgIpc) is 2.98. The minimum atomic E-state index is 0. The Kier molecular flexibility index (Phi) is 6.87. The van der Waals surface area contributed by atoms with Gasteiger partial charge in [-0.15, -0.1) is 24.0 Å². The van der Waals surface area contributed by atoms with Crippen LogP contribution in [0.2, 0.25) is 0 Å². The fraction of sp³-hybridized carbons (Fsp3) is 0.250. The van der Waals surface area contributed by atoms with Crippen molar-refractivity contribution in [3.8, 4) is 0 Å². The molecule has 0 radical (unpaired) electrons. The highest BCUT2D eigenvalue weighted by Gasteiger charge is 2.03. The molecule has 0 atom stereocenters. The molecule has 0 amide bonds. The Labute approximate surface area is 165 Å². The van der Waals surface area contributed by atoms with Gasteiger partial charge in [0, 0.05) is 29.3 Å². The second kappa shape index (κ2) is 8.89. The largest absolute Gasteiger partial charge is 0.370 e. The molecule has 1 heterocycles. The summed E-state index contributed by atoms with van der Waals surface area (Å²) in [6.07, 6.45) is 2.91. The number of H-pyrrole nitrogens is 1.